The van der Waals surface area contributed by atoms with Crippen molar-refractivity contribution < 1.29 is 8.42 Å². The Labute approximate surface area is 94.8 Å². The molecule has 0 aliphatic carbocycles. The molecule has 0 bridgehead atoms. The van der Waals surface area contributed by atoms with Crippen LogP contribution in [0.4, 0.5) is 5.69 Å². The van der Waals surface area contributed by atoms with E-state index in [0.717, 1.165) is 13.0 Å². The second kappa shape index (κ2) is 6.09. The quantitative estimate of drug-likeness (QED) is 0.719. The van der Waals surface area contributed by atoms with E-state index in [-0.39, 0.29) is 5.75 Å². The molecule has 2 N–H and O–H groups in total. The second-order valence-corrected chi connectivity index (χ2v) is 5.87. The molecule has 0 aliphatic heterocycles. The van der Waals surface area contributed by atoms with E-state index in [4.69, 9.17) is 0 Å². The Bertz CT molecular complexity index is 359. The summed E-state index contributed by atoms with van der Waals surface area (Å²) in [6, 6.07) is 1.76. The van der Waals surface area contributed by atoms with Gasteiger partial charge in [0.1, 0.15) is 0 Å². The van der Waals surface area contributed by atoms with Gasteiger partial charge in [0, 0.05) is 5.38 Å². The first-order valence-corrected chi connectivity index (χ1v) is 7.41. The number of rotatable bonds is 7. The highest BCUT2D eigenvalue weighted by atomic mass is 32.2. The lowest BCUT2D eigenvalue weighted by molar-refractivity contribution is 0.595. The van der Waals surface area contributed by atoms with E-state index in [0.29, 0.717) is 12.1 Å². The maximum Gasteiger partial charge on any atom is 0.232 e. The third-order valence-corrected chi connectivity index (χ3v) is 3.94. The van der Waals surface area contributed by atoms with Gasteiger partial charge in [0.05, 0.1) is 11.4 Å². The maximum atomic E-state index is 11.5. The van der Waals surface area contributed by atoms with Crippen molar-refractivity contribution in [2.45, 2.75) is 12.8 Å². The van der Waals surface area contributed by atoms with Crippen molar-refractivity contribution >= 4 is 27.0 Å². The Morgan fingerprint density at radius 2 is 2.20 bits per heavy atom. The molecule has 6 heteroatoms. The Hall–Kier alpha value is -0.590. The fourth-order valence-corrected chi connectivity index (χ4v) is 2.98. The van der Waals surface area contributed by atoms with Gasteiger partial charge in [-0.05, 0) is 37.9 Å². The van der Waals surface area contributed by atoms with Crippen LogP contribution in [-0.4, -0.2) is 27.8 Å². The van der Waals surface area contributed by atoms with E-state index in [1.165, 1.54) is 11.3 Å². The average molecular weight is 248 g/mol. The summed E-state index contributed by atoms with van der Waals surface area (Å²) in [6.45, 7) is 0.855. The zero-order valence-corrected chi connectivity index (χ0v) is 10.3. The van der Waals surface area contributed by atoms with Crippen molar-refractivity contribution in [3.63, 3.8) is 0 Å². The Morgan fingerprint density at radius 1 is 1.40 bits per heavy atom. The summed E-state index contributed by atoms with van der Waals surface area (Å²) in [5, 5.41) is 6.61. The van der Waals surface area contributed by atoms with E-state index >= 15 is 0 Å². The van der Waals surface area contributed by atoms with Gasteiger partial charge in [-0.15, -0.1) is 0 Å². The molecular weight excluding hydrogens is 232 g/mol. The first kappa shape index (κ1) is 12.5. The Morgan fingerprint density at radius 3 is 2.80 bits per heavy atom. The first-order valence-electron chi connectivity index (χ1n) is 4.81. The fourth-order valence-electron chi connectivity index (χ4n) is 1.15. The van der Waals surface area contributed by atoms with Crippen LogP contribution in [0.5, 0.6) is 0 Å². The molecule has 0 radical (unpaired) electrons. The highest BCUT2D eigenvalue weighted by Crippen LogP contribution is 2.14. The van der Waals surface area contributed by atoms with Crippen LogP contribution in [0.2, 0.25) is 0 Å². The zero-order chi connectivity index (χ0) is 11.1. The Balaban J connectivity index is 2.33. The summed E-state index contributed by atoms with van der Waals surface area (Å²) in [5.74, 6) is 0.185. The molecule has 0 unspecified atom stereocenters. The van der Waals surface area contributed by atoms with Gasteiger partial charge >= 0.3 is 0 Å². The van der Waals surface area contributed by atoms with Crippen LogP contribution < -0.4 is 10.0 Å². The van der Waals surface area contributed by atoms with Crippen LogP contribution in [0.25, 0.3) is 0 Å². The minimum absolute atomic E-state index is 0.185. The number of nitrogens with one attached hydrogen (secondary N) is 2. The van der Waals surface area contributed by atoms with Crippen LogP contribution in [0, 0.1) is 0 Å². The fraction of sp³-hybridized carbons (Fsp3) is 0.556. The van der Waals surface area contributed by atoms with Crippen LogP contribution in [0.1, 0.15) is 12.8 Å². The van der Waals surface area contributed by atoms with Crippen molar-refractivity contribution in [2.24, 2.45) is 0 Å². The summed E-state index contributed by atoms with van der Waals surface area (Å²) < 4.78 is 25.6. The van der Waals surface area contributed by atoms with Gasteiger partial charge in [0.25, 0.3) is 0 Å². The molecule has 0 spiro atoms. The second-order valence-electron chi connectivity index (χ2n) is 3.24. The predicted molar refractivity (Wildman–Crippen MR) is 64.9 cm³/mol. The molecule has 0 aliphatic rings. The van der Waals surface area contributed by atoms with Crippen molar-refractivity contribution in [2.75, 3.05) is 24.1 Å². The molecule has 0 fully saturated rings. The van der Waals surface area contributed by atoms with Gasteiger partial charge < -0.3 is 5.32 Å². The summed E-state index contributed by atoms with van der Waals surface area (Å²) in [4.78, 5) is 0. The van der Waals surface area contributed by atoms with Gasteiger partial charge in [-0.2, -0.15) is 11.3 Å². The molecule has 86 valence electrons. The van der Waals surface area contributed by atoms with Crippen molar-refractivity contribution in [1.82, 2.24) is 5.32 Å². The topological polar surface area (TPSA) is 58.2 Å². The van der Waals surface area contributed by atoms with E-state index in [1.807, 2.05) is 12.4 Å². The van der Waals surface area contributed by atoms with Crippen LogP contribution >= 0.6 is 11.3 Å². The lowest BCUT2D eigenvalue weighted by Crippen LogP contribution is -2.17. The monoisotopic (exact) mass is 248 g/mol. The van der Waals surface area contributed by atoms with Gasteiger partial charge in [-0.1, -0.05) is 0 Å². The molecule has 15 heavy (non-hydrogen) atoms. The number of anilines is 1. The van der Waals surface area contributed by atoms with Gasteiger partial charge in [-0.25, -0.2) is 8.42 Å². The highest BCUT2D eigenvalue weighted by molar-refractivity contribution is 7.92. The lowest BCUT2D eigenvalue weighted by atomic mass is 10.3. The molecule has 1 aromatic rings. The van der Waals surface area contributed by atoms with E-state index in [1.54, 1.807) is 11.4 Å². The largest absolute Gasteiger partial charge is 0.320 e. The molecule has 0 saturated carbocycles. The van der Waals surface area contributed by atoms with Gasteiger partial charge in [0.2, 0.25) is 10.0 Å². The van der Waals surface area contributed by atoms with Crippen LogP contribution in [0.3, 0.4) is 0 Å². The van der Waals surface area contributed by atoms with E-state index < -0.39 is 10.0 Å². The molecule has 1 heterocycles. The molecule has 0 amide bonds. The molecule has 0 aromatic carbocycles. The molecule has 0 atom stereocenters. The minimum atomic E-state index is -3.16. The van der Waals surface area contributed by atoms with Crippen molar-refractivity contribution in [3.8, 4) is 0 Å². The summed E-state index contributed by atoms with van der Waals surface area (Å²) in [7, 11) is -1.30. The molecule has 1 rings (SSSR count). The third kappa shape index (κ3) is 5.15. The van der Waals surface area contributed by atoms with Gasteiger partial charge in [-0.3, -0.25) is 4.72 Å². The maximum absolute atomic E-state index is 11.5. The normalized spacial score (nSPS) is 11.5. The van der Waals surface area contributed by atoms with Crippen LogP contribution in [-0.2, 0) is 10.0 Å². The number of hydrogen-bond donors (Lipinski definition) is 2. The molecule has 0 saturated heterocycles. The highest BCUT2D eigenvalue weighted by Gasteiger charge is 2.09. The van der Waals surface area contributed by atoms with E-state index in [2.05, 4.69) is 10.0 Å². The zero-order valence-electron chi connectivity index (χ0n) is 8.69. The molecule has 4 nitrogen and oxygen atoms in total. The Kier molecular flexibility index (Phi) is 5.07. The summed E-state index contributed by atoms with van der Waals surface area (Å²) in [6.07, 6.45) is 1.56. The number of thiophene rings is 1. The predicted octanol–water partition coefficient (Wildman–Crippen LogP) is 1.49. The lowest BCUT2D eigenvalue weighted by Gasteiger charge is -2.05. The average Bonchev–Trinajstić information content (AvgIpc) is 2.64. The number of sulfonamides is 1. The van der Waals surface area contributed by atoms with E-state index in [9.17, 15) is 8.42 Å². The van der Waals surface area contributed by atoms with Crippen molar-refractivity contribution in [3.05, 3.63) is 16.8 Å². The standard InChI is InChI=1S/C9H16N2O2S2/c1-10-5-2-3-7-15(12,13)11-9-4-6-14-8-9/h4,6,8,10-11H,2-3,5,7H2,1H3. The molecular formula is C9H16N2O2S2. The summed E-state index contributed by atoms with van der Waals surface area (Å²) >= 11 is 1.48. The summed E-state index contributed by atoms with van der Waals surface area (Å²) in [5.41, 5.74) is 0.661. The van der Waals surface area contributed by atoms with Crippen LogP contribution in [0.15, 0.2) is 16.8 Å². The van der Waals surface area contributed by atoms with Crippen molar-refractivity contribution in [1.29, 1.82) is 0 Å². The smallest absolute Gasteiger partial charge is 0.232 e. The van der Waals surface area contributed by atoms with Gasteiger partial charge in [0.15, 0.2) is 0 Å². The molecule has 1 aromatic heterocycles. The third-order valence-electron chi connectivity index (χ3n) is 1.88. The number of unbranched alkanes of at least 4 members (excludes halogenated alkanes) is 1. The minimum Gasteiger partial charge on any atom is -0.320 e. The first-order chi connectivity index (χ1) is 7.14. The SMILES string of the molecule is CNCCCCS(=O)(=O)Nc1ccsc1. The number of hydrogen-bond acceptors (Lipinski definition) is 4.